The van der Waals surface area contributed by atoms with E-state index >= 15 is 0 Å². The minimum Gasteiger partial charge on any atom is -0.392 e. The fourth-order valence-electron chi connectivity index (χ4n) is 1.47. The number of β-amino-alcohol motifs (C(OH)–C–C–N with tert-alkyl or cyclic N) is 1. The van der Waals surface area contributed by atoms with Crippen LogP contribution in [0.5, 0.6) is 0 Å². The molecule has 1 fully saturated rings. The summed E-state index contributed by atoms with van der Waals surface area (Å²) in [5.41, 5.74) is 5.74. The molecule has 3 N–H and O–H groups in total. The number of rotatable bonds is 2. The zero-order valence-electron chi connectivity index (χ0n) is 7.33. The average Bonchev–Trinajstić information content (AvgIpc) is 2.34. The Labute approximate surface area is 68.2 Å². The molecule has 11 heavy (non-hydrogen) atoms. The monoisotopic (exact) mass is 158 g/mol. The Morgan fingerprint density at radius 2 is 2.18 bits per heavy atom. The largest absolute Gasteiger partial charge is 0.392 e. The highest BCUT2D eigenvalue weighted by atomic mass is 16.3. The molecular weight excluding hydrogens is 140 g/mol. The molecular formula is C8H18N2O. The zero-order valence-corrected chi connectivity index (χ0v) is 7.33. The van der Waals surface area contributed by atoms with Crippen molar-refractivity contribution < 1.29 is 5.11 Å². The van der Waals surface area contributed by atoms with Crippen molar-refractivity contribution in [2.75, 3.05) is 13.1 Å². The number of nitrogens with zero attached hydrogens (tertiary/aromatic N) is 1. The van der Waals surface area contributed by atoms with Crippen LogP contribution in [-0.4, -0.2) is 41.3 Å². The first kappa shape index (κ1) is 8.97. The summed E-state index contributed by atoms with van der Waals surface area (Å²) in [6, 6.07) is 0.590. The molecule has 3 nitrogen and oxygen atoms in total. The van der Waals surface area contributed by atoms with Crippen molar-refractivity contribution in [3.05, 3.63) is 0 Å². The molecule has 1 saturated heterocycles. The molecule has 1 aliphatic heterocycles. The lowest BCUT2D eigenvalue weighted by Crippen LogP contribution is -2.43. The number of nitrogens with two attached hydrogens (primary N) is 1. The van der Waals surface area contributed by atoms with E-state index in [-0.39, 0.29) is 12.1 Å². The summed E-state index contributed by atoms with van der Waals surface area (Å²) in [5.74, 6) is 0. The van der Waals surface area contributed by atoms with Crippen LogP contribution in [0.2, 0.25) is 0 Å². The van der Waals surface area contributed by atoms with Gasteiger partial charge in [-0.3, -0.25) is 4.90 Å². The van der Waals surface area contributed by atoms with E-state index in [4.69, 9.17) is 5.73 Å². The van der Waals surface area contributed by atoms with Crippen molar-refractivity contribution in [1.82, 2.24) is 4.90 Å². The summed E-state index contributed by atoms with van der Waals surface area (Å²) in [6.45, 7) is 5.91. The van der Waals surface area contributed by atoms with Gasteiger partial charge in [0.25, 0.3) is 0 Å². The van der Waals surface area contributed by atoms with E-state index in [2.05, 4.69) is 11.8 Å². The van der Waals surface area contributed by atoms with E-state index in [1.165, 1.54) is 0 Å². The molecule has 3 unspecified atom stereocenters. The lowest BCUT2D eigenvalue weighted by Gasteiger charge is -2.26. The van der Waals surface area contributed by atoms with Gasteiger partial charge in [0, 0.05) is 25.2 Å². The maximum Gasteiger partial charge on any atom is 0.0679 e. The van der Waals surface area contributed by atoms with Crippen LogP contribution in [0.25, 0.3) is 0 Å². The van der Waals surface area contributed by atoms with Gasteiger partial charge in [0.05, 0.1) is 6.10 Å². The highest BCUT2D eigenvalue weighted by molar-refractivity contribution is 4.82. The molecule has 0 aromatic carbocycles. The van der Waals surface area contributed by atoms with Crippen LogP contribution < -0.4 is 5.73 Å². The molecule has 1 rings (SSSR count). The van der Waals surface area contributed by atoms with Gasteiger partial charge >= 0.3 is 0 Å². The number of aliphatic hydroxyl groups excluding tert-OH is 1. The summed E-state index contributed by atoms with van der Waals surface area (Å²) >= 11 is 0. The third kappa shape index (κ3) is 2.15. The predicted molar refractivity (Wildman–Crippen MR) is 45.3 cm³/mol. The predicted octanol–water partition coefficient (Wildman–Crippen LogP) is -0.211. The Kier molecular flexibility index (Phi) is 2.87. The summed E-state index contributed by atoms with van der Waals surface area (Å²) in [7, 11) is 0. The summed E-state index contributed by atoms with van der Waals surface area (Å²) < 4.78 is 0. The quantitative estimate of drug-likeness (QED) is 0.584. The van der Waals surface area contributed by atoms with Crippen molar-refractivity contribution in [3.8, 4) is 0 Å². The van der Waals surface area contributed by atoms with Crippen LogP contribution in [0.15, 0.2) is 0 Å². The van der Waals surface area contributed by atoms with E-state index in [1.54, 1.807) is 0 Å². The molecule has 0 radical (unpaired) electrons. The van der Waals surface area contributed by atoms with Crippen LogP contribution in [0.4, 0.5) is 0 Å². The third-order valence-electron chi connectivity index (χ3n) is 2.53. The second kappa shape index (κ2) is 3.52. The van der Waals surface area contributed by atoms with Crippen molar-refractivity contribution in [2.24, 2.45) is 5.73 Å². The first-order valence-corrected chi connectivity index (χ1v) is 4.29. The van der Waals surface area contributed by atoms with Gasteiger partial charge in [-0.05, 0) is 20.3 Å². The molecule has 66 valence electrons. The Bertz CT molecular complexity index is 127. The Morgan fingerprint density at radius 3 is 2.55 bits per heavy atom. The molecule has 0 spiro atoms. The van der Waals surface area contributed by atoms with Gasteiger partial charge in [-0.2, -0.15) is 0 Å². The van der Waals surface area contributed by atoms with E-state index in [1.807, 2.05) is 6.92 Å². The van der Waals surface area contributed by atoms with Gasteiger partial charge < -0.3 is 10.8 Å². The lowest BCUT2D eigenvalue weighted by molar-refractivity contribution is 0.157. The first-order valence-electron chi connectivity index (χ1n) is 4.29. The number of likely N-dealkylation sites (tertiary alicyclic amines) is 1. The maximum atomic E-state index is 9.25. The molecule has 1 aliphatic rings. The van der Waals surface area contributed by atoms with Gasteiger partial charge in [-0.1, -0.05) is 0 Å². The molecule has 3 heteroatoms. The molecule has 0 aromatic rings. The van der Waals surface area contributed by atoms with Gasteiger partial charge in [-0.15, -0.1) is 0 Å². The molecule has 1 heterocycles. The van der Waals surface area contributed by atoms with E-state index in [9.17, 15) is 5.11 Å². The SMILES string of the molecule is CC(N)C(C)N1CCC(O)C1. The highest BCUT2D eigenvalue weighted by Crippen LogP contribution is 2.13. The fraction of sp³-hybridized carbons (Fsp3) is 1.00. The third-order valence-corrected chi connectivity index (χ3v) is 2.53. The normalized spacial score (nSPS) is 32.2. The summed E-state index contributed by atoms with van der Waals surface area (Å²) in [5, 5.41) is 9.25. The van der Waals surface area contributed by atoms with Crippen molar-refractivity contribution >= 4 is 0 Å². The molecule has 3 atom stereocenters. The van der Waals surface area contributed by atoms with Crippen LogP contribution in [0, 0.1) is 0 Å². The van der Waals surface area contributed by atoms with E-state index in [0.717, 1.165) is 19.5 Å². The second-order valence-electron chi connectivity index (χ2n) is 3.54. The number of hydrogen-bond donors (Lipinski definition) is 2. The van der Waals surface area contributed by atoms with E-state index < -0.39 is 0 Å². The Hall–Kier alpha value is -0.120. The standard InChI is InChI=1S/C8H18N2O/c1-6(9)7(2)10-4-3-8(11)5-10/h6-8,11H,3-5,9H2,1-2H3. The maximum absolute atomic E-state index is 9.25. The second-order valence-corrected chi connectivity index (χ2v) is 3.54. The van der Waals surface area contributed by atoms with Crippen LogP contribution >= 0.6 is 0 Å². The highest BCUT2D eigenvalue weighted by Gasteiger charge is 2.25. The Balaban J connectivity index is 2.36. The van der Waals surface area contributed by atoms with Gasteiger partial charge in [0.2, 0.25) is 0 Å². The van der Waals surface area contributed by atoms with Crippen molar-refractivity contribution in [3.63, 3.8) is 0 Å². The molecule has 0 amide bonds. The smallest absolute Gasteiger partial charge is 0.0679 e. The fourth-order valence-corrected chi connectivity index (χ4v) is 1.47. The molecule has 0 aromatic heterocycles. The average molecular weight is 158 g/mol. The number of aliphatic hydroxyl groups is 1. The Morgan fingerprint density at radius 1 is 1.55 bits per heavy atom. The molecule has 0 bridgehead atoms. The molecule has 0 aliphatic carbocycles. The van der Waals surface area contributed by atoms with Crippen molar-refractivity contribution in [1.29, 1.82) is 0 Å². The minimum absolute atomic E-state index is 0.129. The summed E-state index contributed by atoms with van der Waals surface area (Å²) in [4.78, 5) is 2.25. The van der Waals surface area contributed by atoms with Gasteiger partial charge in [0.1, 0.15) is 0 Å². The van der Waals surface area contributed by atoms with Gasteiger partial charge in [0.15, 0.2) is 0 Å². The minimum atomic E-state index is -0.129. The summed E-state index contributed by atoms with van der Waals surface area (Å²) in [6.07, 6.45) is 0.771. The van der Waals surface area contributed by atoms with Crippen LogP contribution in [0.1, 0.15) is 20.3 Å². The van der Waals surface area contributed by atoms with E-state index in [0.29, 0.717) is 6.04 Å². The van der Waals surface area contributed by atoms with Crippen LogP contribution in [-0.2, 0) is 0 Å². The molecule has 0 saturated carbocycles. The van der Waals surface area contributed by atoms with Gasteiger partial charge in [-0.25, -0.2) is 0 Å². The topological polar surface area (TPSA) is 49.5 Å². The lowest BCUT2D eigenvalue weighted by atomic mass is 10.1. The first-order chi connectivity index (χ1) is 5.11. The van der Waals surface area contributed by atoms with Crippen LogP contribution in [0.3, 0.4) is 0 Å². The van der Waals surface area contributed by atoms with Crippen molar-refractivity contribution in [2.45, 2.75) is 38.5 Å². The zero-order chi connectivity index (χ0) is 8.43. The number of hydrogen-bond acceptors (Lipinski definition) is 3.